The van der Waals surface area contributed by atoms with Crippen LogP contribution < -0.4 is 5.73 Å². The number of ether oxygens (including phenoxy) is 8. The molecule has 0 fully saturated rings. The Hall–Kier alpha value is -2.76. The van der Waals surface area contributed by atoms with Gasteiger partial charge in [-0.05, 0) is 17.5 Å². The van der Waals surface area contributed by atoms with Crippen molar-refractivity contribution in [3.8, 4) is 0 Å². The first-order valence-electron chi connectivity index (χ1n) is 14.3. The Kier molecular flexibility index (Phi) is 31.6. The van der Waals surface area contributed by atoms with Gasteiger partial charge in [-0.3, -0.25) is 9.59 Å². The highest BCUT2D eigenvalue weighted by atomic mass is 16.6. The lowest BCUT2D eigenvalue weighted by Gasteiger charge is -2.23. The molecule has 0 aliphatic carbocycles. The van der Waals surface area contributed by atoms with E-state index in [-0.39, 0.29) is 18.7 Å². The van der Waals surface area contributed by atoms with Gasteiger partial charge in [-0.2, -0.15) is 0 Å². The van der Waals surface area contributed by atoms with E-state index < -0.39 is 5.91 Å². The fraction of sp³-hybridized carbons (Fsp3) is 0.920. The summed E-state index contributed by atoms with van der Waals surface area (Å²) in [5.41, 5.74) is 21.5. The molecule has 0 spiro atoms. The fourth-order valence-corrected chi connectivity index (χ4v) is 3.11. The average Bonchev–Trinajstić information content (AvgIpc) is 2.99. The van der Waals surface area contributed by atoms with E-state index in [9.17, 15) is 9.59 Å². The highest BCUT2D eigenvalue weighted by Gasteiger charge is 2.13. The van der Waals surface area contributed by atoms with Crippen molar-refractivity contribution in [2.75, 3.05) is 132 Å². The van der Waals surface area contributed by atoms with Crippen LogP contribution in [0.1, 0.15) is 19.3 Å². The SMILES string of the molecule is [N-]=[N+]=NCCOCCOCCOCCOCCN(CCOCCOCCOCCOCCN=[N+]=[N-])C(=O)CCCC(N)=O. The molecule has 0 bridgehead atoms. The molecule has 0 aromatic rings. The van der Waals surface area contributed by atoms with Gasteiger partial charge >= 0.3 is 0 Å². The largest absolute Gasteiger partial charge is 0.379 e. The predicted octanol–water partition coefficient (Wildman–Crippen LogP) is 1.22. The van der Waals surface area contributed by atoms with Crippen LogP contribution >= 0.6 is 0 Å². The number of nitrogens with zero attached hydrogens (tertiary/aromatic N) is 7. The Balaban J connectivity index is 3.87. The van der Waals surface area contributed by atoms with Gasteiger partial charge < -0.3 is 48.5 Å². The van der Waals surface area contributed by atoms with Crippen LogP contribution in [0.2, 0.25) is 0 Å². The minimum atomic E-state index is -0.437. The summed E-state index contributed by atoms with van der Waals surface area (Å²) >= 11 is 0. The van der Waals surface area contributed by atoms with E-state index in [1.54, 1.807) is 4.90 Å². The number of rotatable bonds is 34. The Labute approximate surface area is 252 Å². The van der Waals surface area contributed by atoms with Gasteiger partial charge in [0, 0.05) is 48.8 Å². The lowest BCUT2D eigenvalue weighted by atomic mass is 10.2. The summed E-state index contributed by atoms with van der Waals surface area (Å²) in [6.45, 7) is 7.58. The topological polar surface area (TPSA) is 235 Å². The summed E-state index contributed by atoms with van der Waals surface area (Å²) in [5, 5.41) is 6.73. The molecule has 0 unspecified atom stereocenters. The molecule has 2 N–H and O–H groups in total. The summed E-state index contributed by atoms with van der Waals surface area (Å²) < 4.78 is 43.3. The fourth-order valence-electron chi connectivity index (χ4n) is 3.11. The molecule has 0 saturated carbocycles. The van der Waals surface area contributed by atoms with Crippen LogP contribution in [0.4, 0.5) is 0 Å². The second-order valence-electron chi connectivity index (χ2n) is 8.51. The molecular weight excluding hydrogens is 572 g/mol. The van der Waals surface area contributed by atoms with Crippen LogP contribution in [0.15, 0.2) is 10.2 Å². The normalized spacial score (nSPS) is 10.7. The molecule has 2 amide bonds. The van der Waals surface area contributed by atoms with Crippen LogP contribution in [0, 0.1) is 0 Å². The zero-order valence-corrected chi connectivity index (χ0v) is 25.1. The average molecular weight is 621 g/mol. The molecule has 18 heteroatoms. The maximum atomic E-state index is 12.6. The third-order valence-electron chi connectivity index (χ3n) is 5.21. The molecule has 248 valence electrons. The smallest absolute Gasteiger partial charge is 0.222 e. The Morgan fingerprint density at radius 3 is 1.19 bits per heavy atom. The zero-order chi connectivity index (χ0) is 31.5. The second kappa shape index (κ2) is 33.7. The summed E-state index contributed by atoms with van der Waals surface area (Å²) in [4.78, 5) is 30.5. The van der Waals surface area contributed by atoms with Gasteiger partial charge in [0.25, 0.3) is 0 Å². The summed E-state index contributed by atoms with van der Waals surface area (Å²) in [7, 11) is 0. The highest BCUT2D eigenvalue weighted by molar-refractivity contribution is 5.78. The molecule has 0 heterocycles. The maximum absolute atomic E-state index is 12.6. The van der Waals surface area contributed by atoms with E-state index >= 15 is 0 Å². The number of nitrogens with two attached hydrogens (primary N) is 1. The van der Waals surface area contributed by atoms with Crippen molar-refractivity contribution in [1.29, 1.82) is 0 Å². The van der Waals surface area contributed by atoms with Crippen molar-refractivity contribution in [3.05, 3.63) is 20.9 Å². The first kappa shape index (κ1) is 40.2. The number of amides is 2. The summed E-state index contributed by atoms with van der Waals surface area (Å²) in [5.74, 6) is -0.535. The van der Waals surface area contributed by atoms with Gasteiger partial charge in [0.1, 0.15) is 0 Å². The molecule has 43 heavy (non-hydrogen) atoms. The number of carbonyl (C=O) groups excluding carboxylic acids is 2. The molecule has 0 rings (SSSR count). The minimum Gasteiger partial charge on any atom is -0.379 e. The summed E-state index contributed by atoms with van der Waals surface area (Å²) in [6.07, 6.45) is 0.762. The second-order valence-corrected chi connectivity index (χ2v) is 8.51. The first-order valence-corrected chi connectivity index (χ1v) is 14.3. The van der Waals surface area contributed by atoms with E-state index in [0.717, 1.165) is 0 Å². The number of hydrogen-bond acceptors (Lipinski definition) is 12. The van der Waals surface area contributed by atoms with Crippen LogP contribution in [-0.2, 0) is 47.5 Å². The lowest BCUT2D eigenvalue weighted by molar-refractivity contribution is -0.133. The molecule has 0 aromatic heterocycles. The van der Waals surface area contributed by atoms with Crippen molar-refractivity contribution >= 4 is 11.8 Å². The summed E-state index contributed by atoms with van der Waals surface area (Å²) in [6, 6.07) is 0. The molecule has 0 aliphatic rings. The number of primary amides is 1. The first-order chi connectivity index (χ1) is 21.1. The number of carbonyl (C=O) groups is 2. The molecular formula is C25H48N8O10. The maximum Gasteiger partial charge on any atom is 0.222 e. The Morgan fingerprint density at radius 2 is 0.860 bits per heavy atom. The van der Waals surface area contributed by atoms with Crippen molar-refractivity contribution in [2.45, 2.75) is 19.3 Å². The van der Waals surface area contributed by atoms with Gasteiger partial charge in [-0.1, -0.05) is 10.2 Å². The molecule has 0 saturated heterocycles. The van der Waals surface area contributed by atoms with Crippen molar-refractivity contribution in [3.63, 3.8) is 0 Å². The minimum absolute atomic E-state index is 0.0983. The molecule has 18 nitrogen and oxygen atoms in total. The quantitative estimate of drug-likeness (QED) is 0.0467. The van der Waals surface area contributed by atoms with Crippen molar-refractivity contribution in [2.24, 2.45) is 16.0 Å². The van der Waals surface area contributed by atoms with Crippen molar-refractivity contribution in [1.82, 2.24) is 4.90 Å². The molecule has 0 atom stereocenters. The van der Waals surface area contributed by atoms with E-state index in [2.05, 4.69) is 20.1 Å². The van der Waals surface area contributed by atoms with Crippen LogP contribution in [0.3, 0.4) is 0 Å². The van der Waals surface area contributed by atoms with Gasteiger partial charge in [-0.15, -0.1) is 0 Å². The molecule has 0 aliphatic heterocycles. The van der Waals surface area contributed by atoms with Gasteiger partial charge in [0.05, 0.1) is 106 Å². The Bertz CT molecular complexity index is 724. The molecule has 0 aromatic carbocycles. The monoisotopic (exact) mass is 620 g/mol. The van der Waals surface area contributed by atoms with E-state index in [1.165, 1.54) is 0 Å². The van der Waals surface area contributed by atoms with Gasteiger partial charge in [0.15, 0.2) is 0 Å². The Morgan fingerprint density at radius 1 is 0.535 bits per heavy atom. The molecule has 0 radical (unpaired) electrons. The van der Waals surface area contributed by atoms with Crippen LogP contribution in [-0.4, -0.2) is 149 Å². The predicted molar refractivity (Wildman–Crippen MR) is 154 cm³/mol. The number of azide groups is 2. The van der Waals surface area contributed by atoms with E-state index in [1.807, 2.05) is 0 Å². The third-order valence-corrected chi connectivity index (χ3v) is 5.21. The van der Waals surface area contributed by atoms with Gasteiger partial charge in [0.2, 0.25) is 11.8 Å². The highest BCUT2D eigenvalue weighted by Crippen LogP contribution is 2.02. The van der Waals surface area contributed by atoms with E-state index in [4.69, 9.17) is 54.7 Å². The third kappa shape index (κ3) is 32.0. The van der Waals surface area contributed by atoms with Gasteiger partial charge in [-0.25, -0.2) is 0 Å². The lowest BCUT2D eigenvalue weighted by Crippen LogP contribution is -2.37. The van der Waals surface area contributed by atoms with Crippen molar-refractivity contribution < 1.29 is 47.5 Å². The van der Waals surface area contributed by atoms with Crippen LogP contribution in [0.25, 0.3) is 20.9 Å². The van der Waals surface area contributed by atoms with E-state index in [0.29, 0.717) is 138 Å². The standard InChI is InChI=1S/C25H48N8O10/c26-24(34)2-1-3-25(35)33(6-10-38-14-18-42-22-20-40-16-12-36-8-4-29-31-27)7-11-39-15-19-43-23-21-41-17-13-37-9-5-30-32-28/h1-23H2,(H2,26,34). The zero-order valence-electron chi connectivity index (χ0n) is 25.1. The van der Waals surface area contributed by atoms with Crippen LogP contribution in [0.5, 0.6) is 0 Å². The number of hydrogen-bond donors (Lipinski definition) is 1.